The van der Waals surface area contributed by atoms with Crippen LogP contribution in [0.4, 0.5) is 0 Å². The van der Waals surface area contributed by atoms with Gasteiger partial charge in [-0.15, -0.1) is 11.3 Å². The average Bonchev–Trinajstić information content (AvgIpc) is 2.67. The molecule has 0 amide bonds. The van der Waals surface area contributed by atoms with Crippen LogP contribution in [0.1, 0.15) is 29.7 Å². The molecule has 0 bridgehead atoms. The lowest BCUT2D eigenvalue weighted by Gasteiger charge is -2.40. The maximum absolute atomic E-state index is 11.7. The van der Waals surface area contributed by atoms with Crippen molar-refractivity contribution in [2.75, 3.05) is 12.8 Å². The smallest absolute Gasteiger partial charge is 0.154 e. The third kappa shape index (κ3) is 2.58. The fraction of sp³-hybridized carbons (Fsp3) is 0.583. The van der Waals surface area contributed by atoms with Crippen LogP contribution in [-0.4, -0.2) is 26.0 Å². The van der Waals surface area contributed by atoms with Crippen LogP contribution in [-0.2, 0) is 16.4 Å². The monoisotopic (exact) mass is 284 g/mol. The molecule has 98 valence electrons. The van der Waals surface area contributed by atoms with Gasteiger partial charge in [-0.3, -0.25) is 0 Å². The Labute approximate surface area is 112 Å². The number of nitrogens with zero attached hydrogens (tertiary/aromatic N) is 1. The Bertz CT molecular complexity index is 565. The number of hydrogen-bond donors (Lipinski definition) is 1. The summed E-state index contributed by atoms with van der Waals surface area (Å²) < 4.78 is 22.9. The molecule has 1 saturated carbocycles. The zero-order valence-corrected chi connectivity index (χ0v) is 11.9. The van der Waals surface area contributed by atoms with Crippen LogP contribution >= 0.6 is 11.3 Å². The molecular weight excluding hydrogens is 268 g/mol. The summed E-state index contributed by atoms with van der Waals surface area (Å²) in [4.78, 5) is 1.06. The molecule has 0 aliphatic heterocycles. The minimum atomic E-state index is -2.99. The van der Waals surface area contributed by atoms with Gasteiger partial charge in [-0.1, -0.05) is 6.42 Å². The minimum absolute atomic E-state index is 0.506. The normalized spacial score (nSPS) is 18.0. The van der Waals surface area contributed by atoms with E-state index in [4.69, 9.17) is 5.26 Å². The van der Waals surface area contributed by atoms with Crippen molar-refractivity contribution in [3.8, 4) is 6.07 Å². The number of nitrogens with one attached hydrogen (secondary N) is 1. The lowest BCUT2D eigenvalue weighted by Crippen LogP contribution is -2.51. The molecule has 0 atom stereocenters. The molecule has 18 heavy (non-hydrogen) atoms. The second-order valence-corrected chi connectivity index (χ2v) is 8.23. The number of nitriles is 1. The third-order valence-corrected chi connectivity index (χ3v) is 6.64. The van der Waals surface area contributed by atoms with Gasteiger partial charge in [0.1, 0.15) is 6.07 Å². The van der Waals surface area contributed by atoms with Crippen LogP contribution in [0.5, 0.6) is 0 Å². The van der Waals surface area contributed by atoms with Gasteiger partial charge in [-0.2, -0.15) is 5.26 Å². The van der Waals surface area contributed by atoms with Crippen molar-refractivity contribution in [3.63, 3.8) is 0 Å². The SMILES string of the molecule is CS(=O)(=O)C1(CNCc2cc(C#N)cs2)CCC1. The largest absolute Gasteiger partial charge is 0.310 e. The highest BCUT2D eigenvalue weighted by atomic mass is 32.2. The van der Waals surface area contributed by atoms with E-state index in [9.17, 15) is 8.42 Å². The van der Waals surface area contributed by atoms with E-state index >= 15 is 0 Å². The van der Waals surface area contributed by atoms with Crippen molar-refractivity contribution in [1.29, 1.82) is 5.26 Å². The Hall–Kier alpha value is -0.900. The number of hydrogen-bond acceptors (Lipinski definition) is 5. The lowest BCUT2D eigenvalue weighted by atomic mass is 9.84. The van der Waals surface area contributed by atoms with Crippen LogP contribution in [0.3, 0.4) is 0 Å². The van der Waals surface area contributed by atoms with E-state index in [0.717, 1.165) is 24.1 Å². The molecule has 1 aliphatic rings. The summed E-state index contributed by atoms with van der Waals surface area (Å²) in [5.74, 6) is 0. The predicted octanol–water partition coefficient (Wildman–Crippen LogP) is 1.68. The predicted molar refractivity (Wildman–Crippen MR) is 72.2 cm³/mol. The van der Waals surface area contributed by atoms with Crippen molar-refractivity contribution in [1.82, 2.24) is 5.32 Å². The van der Waals surface area contributed by atoms with E-state index in [1.807, 2.05) is 11.4 Å². The van der Waals surface area contributed by atoms with Gasteiger partial charge < -0.3 is 5.32 Å². The first-order valence-corrected chi connectivity index (χ1v) is 8.62. The Balaban J connectivity index is 1.91. The van der Waals surface area contributed by atoms with Gasteiger partial charge in [0.2, 0.25) is 0 Å². The van der Waals surface area contributed by atoms with Gasteiger partial charge in [0.15, 0.2) is 9.84 Å². The van der Waals surface area contributed by atoms with Crippen LogP contribution in [0.25, 0.3) is 0 Å². The quantitative estimate of drug-likeness (QED) is 0.893. The fourth-order valence-electron chi connectivity index (χ4n) is 2.20. The van der Waals surface area contributed by atoms with E-state index in [2.05, 4.69) is 11.4 Å². The molecular formula is C12H16N2O2S2. The summed E-state index contributed by atoms with van der Waals surface area (Å²) >= 11 is 1.52. The van der Waals surface area contributed by atoms with Gasteiger partial charge in [-0.05, 0) is 18.9 Å². The molecule has 0 spiro atoms. The summed E-state index contributed by atoms with van der Waals surface area (Å²) in [6.07, 6.45) is 3.83. The van der Waals surface area contributed by atoms with E-state index in [-0.39, 0.29) is 0 Å². The zero-order chi connectivity index (χ0) is 13.2. The van der Waals surface area contributed by atoms with Gasteiger partial charge >= 0.3 is 0 Å². The number of thiophene rings is 1. The van der Waals surface area contributed by atoms with Crippen molar-refractivity contribution in [2.24, 2.45) is 0 Å². The molecule has 1 aliphatic carbocycles. The van der Waals surface area contributed by atoms with Crippen LogP contribution in [0, 0.1) is 11.3 Å². The third-order valence-electron chi connectivity index (χ3n) is 3.58. The molecule has 0 saturated heterocycles. The molecule has 2 rings (SSSR count). The molecule has 1 heterocycles. The summed E-state index contributed by atoms with van der Waals surface area (Å²) in [6, 6.07) is 3.93. The highest BCUT2D eigenvalue weighted by Crippen LogP contribution is 2.38. The highest BCUT2D eigenvalue weighted by Gasteiger charge is 2.45. The molecule has 1 aromatic rings. The Morgan fingerprint density at radius 2 is 2.28 bits per heavy atom. The van der Waals surface area contributed by atoms with Crippen molar-refractivity contribution in [2.45, 2.75) is 30.6 Å². The Morgan fingerprint density at radius 1 is 1.56 bits per heavy atom. The molecule has 0 radical (unpaired) electrons. The molecule has 4 nitrogen and oxygen atoms in total. The minimum Gasteiger partial charge on any atom is -0.310 e. The van der Waals surface area contributed by atoms with Crippen molar-refractivity contribution < 1.29 is 8.42 Å². The van der Waals surface area contributed by atoms with Gasteiger partial charge in [0.25, 0.3) is 0 Å². The zero-order valence-electron chi connectivity index (χ0n) is 10.3. The van der Waals surface area contributed by atoms with Gasteiger partial charge in [-0.25, -0.2) is 8.42 Å². The van der Waals surface area contributed by atoms with Crippen LogP contribution in [0.15, 0.2) is 11.4 Å². The lowest BCUT2D eigenvalue weighted by molar-refractivity contribution is 0.323. The second-order valence-electron chi connectivity index (χ2n) is 4.83. The standard InChI is InChI=1S/C12H16N2O2S2/c1-18(15,16)12(3-2-4-12)9-14-7-11-5-10(6-13)8-17-11/h5,8,14H,2-4,7,9H2,1H3. The molecule has 0 unspecified atom stereocenters. The van der Waals surface area contributed by atoms with Gasteiger partial charge in [0, 0.05) is 29.6 Å². The molecule has 1 aromatic heterocycles. The average molecular weight is 284 g/mol. The highest BCUT2D eigenvalue weighted by molar-refractivity contribution is 7.92. The first-order valence-electron chi connectivity index (χ1n) is 5.85. The summed E-state index contributed by atoms with van der Waals surface area (Å²) in [6.45, 7) is 1.13. The van der Waals surface area contributed by atoms with E-state index < -0.39 is 14.6 Å². The Kier molecular flexibility index (Phi) is 3.76. The molecule has 6 heteroatoms. The second kappa shape index (κ2) is 5.00. The summed E-state index contributed by atoms with van der Waals surface area (Å²) in [5.41, 5.74) is 0.665. The topological polar surface area (TPSA) is 70.0 Å². The Morgan fingerprint density at radius 3 is 2.72 bits per heavy atom. The van der Waals surface area contributed by atoms with E-state index in [1.54, 1.807) is 0 Å². The summed E-state index contributed by atoms with van der Waals surface area (Å²) in [5, 5.41) is 13.7. The molecule has 1 fully saturated rings. The summed E-state index contributed by atoms with van der Waals surface area (Å²) in [7, 11) is -2.99. The van der Waals surface area contributed by atoms with Crippen molar-refractivity contribution >= 4 is 21.2 Å². The van der Waals surface area contributed by atoms with Crippen molar-refractivity contribution in [3.05, 3.63) is 21.9 Å². The first kappa shape index (κ1) is 13.5. The maximum atomic E-state index is 11.7. The van der Waals surface area contributed by atoms with E-state index in [0.29, 0.717) is 18.7 Å². The van der Waals surface area contributed by atoms with Crippen LogP contribution in [0.2, 0.25) is 0 Å². The van der Waals surface area contributed by atoms with E-state index in [1.165, 1.54) is 17.6 Å². The number of rotatable bonds is 5. The molecule has 0 aromatic carbocycles. The van der Waals surface area contributed by atoms with Gasteiger partial charge in [0.05, 0.1) is 10.3 Å². The number of sulfone groups is 1. The first-order chi connectivity index (χ1) is 8.47. The molecule has 1 N–H and O–H groups in total. The maximum Gasteiger partial charge on any atom is 0.154 e. The van der Waals surface area contributed by atoms with Crippen LogP contribution < -0.4 is 5.32 Å². The fourth-order valence-corrected chi connectivity index (χ4v) is 4.37.